The van der Waals surface area contributed by atoms with Gasteiger partial charge >= 0.3 is 0 Å². The zero-order valence-electron chi connectivity index (χ0n) is 13.0. The molecule has 0 aliphatic heterocycles. The van der Waals surface area contributed by atoms with E-state index in [1.54, 1.807) is 31.3 Å². The van der Waals surface area contributed by atoms with Crippen LogP contribution in [0.3, 0.4) is 0 Å². The number of aliphatic hydroxyl groups is 1. The average Bonchev–Trinajstić information content (AvgIpc) is 2.57. The number of aliphatic hydroxyl groups excluding tert-OH is 1. The van der Waals surface area contributed by atoms with Crippen molar-refractivity contribution >= 4 is 17.5 Å². The number of benzene rings is 2. The van der Waals surface area contributed by atoms with Gasteiger partial charge in [-0.25, -0.2) is 0 Å². The smallest absolute Gasteiger partial charge is 0.253 e. The minimum atomic E-state index is -0.123. The van der Waals surface area contributed by atoms with Gasteiger partial charge < -0.3 is 14.7 Å². The van der Waals surface area contributed by atoms with Gasteiger partial charge in [-0.15, -0.1) is 0 Å². The predicted octanol–water partition coefficient (Wildman–Crippen LogP) is 3.03. The van der Waals surface area contributed by atoms with E-state index in [0.717, 1.165) is 17.0 Å². The molecule has 0 aliphatic rings. The minimum absolute atomic E-state index is 0.0501. The van der Waals surface area contributed by atoms with Gasteiger partial charge in [0.25, 0.3) is 5.91 Å². The fourth-order valence-corrected chi connectivity index (χ4v) is 2.38. The summed E-state index contributed by atoms with van der Waals surface area (Å²) in [5.74, 6) is 0.583. The van der Waals surface area contributed by atoms with E-state index in [1.807, 2.05) is 24.3 Å². The van der Waals surface area contributed by atoms with Crippen LogP contribution in [0, 0.1) is 0 Å². The summed E-state index contributed by atoms with van der Waals surface area (Å²) in [6.45, 7) is 0.780. The van der Waals surface area contributed by atoms with Gasteiger partial charge in [0.1, 0.15) is 5.75 Å². The summed E-state index contributed by atoms with van der Waals surface area (Å²) in [7, 11) is 1.66. The fraction of sp³-hybridized carbons (Fsp3) is 0.278. The van der Waals surface area contributed by atoms with E-state index in [-0.39, 0.29) is 12.5 Å². The van der Waals surface area contributed by atoms with E-state index >= 15 is 0 Å². The number of ether oxygens (including phenoxy) is 1. The fourth-order valence-electron chi connectivity index (χ4n) is 2.15. The summed E-state index contributed by atoms with van der Waals surface area (Å²) in [4.78, 5) is 13.5. The van der Waals surface area contributed by atoms with Crippen molar-refractivity contribution in [3.05, 3.63) is 64.7 Å². The molecule has 5 heteroatoms. The molecule has 2 aromatic rings. The lowest BCUT2D eigenvalue weighted by Crippen LogP contribution is -2.29. The van der Waals surface area contributed by atoms with Gasteiger partial charge in [0, 0.05) is 30.6 Å². The molecule has 2 aromatic carbocycles. The van der Waals surface area contributed by atoms with E-state index in [0.29, 0.717) is 24.5 Å². The van der Waals surface area contributed by atoms with Gasteiger partial charge in [0.15, 0.2) is 0 Å². The van der Waals surface area contributed by atoms with Crippen LogP contribution in [0.5, 0.6) is 5.75 Å². The summed E-state index contributed by atoms with van der Waals surface area (Å²) in [5.41, 5.74) is 1.62. The molecule has 0 spiro atoms. The lowest BCUT2D eigenvalue weighted by molar-refractivity contribution is 0.0767. The molecule has 4 nitrogen and oxygen atoms in total. The Morgan fingerprint density at radius 2 is 1.87 bits per heavy atom. The Morgan fingerprint density at radius 3 is 2.52 bits per heavy atom. The molecule has 23 heavy (non-hydrogen) atoms. The molecule has 2 rings (SSSR count). The van der Waals surface area contributed by atoms with E-state index in [9.17, 15) is 4.79 Å². The first kappa shape index (κ1) is 17.3. The van der Waals surface area contributed by atoms with Gasteiger partial charge in [0.05, 0.1) is 13.2 Å². The van der Waals surface area contributed by atoms with Crippen LogP contribution in [0.1, 0.15) is 15.9 Å². The Balaban J connectivity index is 1.88. The third kappa shape index (κ3) is 4.98. The van der Waals surface area contributed by atoms with Crippen LogP contribution in [0.4, 0.5) is 0 Å². The van der Waals surface area contributed by atoms with Crippen LogP contribution in [0.25, 0.3) is 0 Å². The monoisotopic (exact) mass is 333 g/mol. The second kappa shape index (κ2) is 8.56. The molecule has 0 aromatic heterocycles. The van der Waals surface area contributed by atoms with Gasteiger partial charge in [-0.2, -0.15) is 0 Å². The lowest BCUT2D eigenvalue weighted by atomic mass is 10.1. The van der Waals surface area contributed by atoms with Crippen molar-refractivity contribution in [3.8, 4) is 5.75 Å². The summed E-state index contributed by atoms with van der Waals surface area (Å²) in [5, 5.41) is 9.60. The first-order valence-electron chi connectivity index (χ1n) is 7.44. The highest BCUT2D eigenvalue weighted by molar-refractivity contribution is 6.31. The second-order valence-corrected chi connectivity index (χ2v) is 5.57. The molecule has 0 bridgehead atoms. The predicted molar refractivity (Wildman–Crippen MR) is 91.1 cm³/mol. The SMILES string of the molecule is CN(CCO)C(=O)c1ccc(OCCc2ccccc2Cl)cc1. The molecule has 0 atom stereocenters. The Kier molecular flexibility index (Phi) is 6.44. The van der Waals surface area contributed by atoms with Crippen molar-refractivity contribution in [2.45, 2.75) is 6.42 Å². The van der Waals surface area contributed by atoms with Crippen LogP contribution < -0.4 is 4.74 Å². The Morgan fingerprint density at radius 1 is 1.17 bits per heavy atom. The maximum absolute atomic E-state index is 12.0. The number of hydrogen-bond donors (Lipinski definition) is 1. The third-order valence-electron chi connectivity index (χ3n) is 3.48. The largest absolute Gasteiger partial charge is 0.493 e. The lowest BCUT2D eigenvalue weighted by Gasteiger charge is -2.15. The maximum atomic E-state index is 12.0. The van der Waals surface area contributed by atoms with Crippen molar-refractivity contribution in [3.63, 3.8) is 0 Å². The molecule has 0 heterocycles. The molecule has 0 fully saturated rings. The van der Waals surface area contributed by atoms with Crippen LogP contribution in [-0.4, -0.2) is 42.7 Å². The molecule has 1 amide bonds. The second-order valence-electron chi connectivity index (χ2n) is 5.16. The van der Waals surface area contributed by atoms with Crippen LogP contribution in [0.15, 0.2) is 48.5 Å². The molecule has 122 valence electrons. The normalized spacial score (nSPS) is 10.4. The van der Waals surface area contributed by atoms with Gasteiger partial charge in [0.2, 0.25) is 0 Å². The van der Waals surface area contributed by atoms with Crippen molar-refractivity contribution in [2.75, 3.05) is 26.8 Å². The number of hydrogen-bond acceptors (Lipinski definition) is 3. The van der Waals surface area contributed by atoms with Gasteiger partial charge in [-0.1, -0.05) is 29.8 Å². The summed E-state index contributed by atoms with van der Waals surface area (Å²) in [6, 6.07) is 14.7. The van der Waals surface area contributed by atoms with Crippen molar-refractivity contribution in [1.29, 1.82) is 0 Å². The topological polar surface area (TPSA) is 49.8 Å². The summed E-state index contributed by atoms with van der Waals surface area (Å²) in [6.07, 6.45) is 0.722. The third-order valence-corrected chi connectivity index (χ3v) is 3.85. The zero-order chi connectivity index (χ0) is 16.7. The number of halogens is 1. The highest BCUT2D eigenvalue weighted by atomic mass is 35.5. The number of amides is 1. The molecule has 0 saturated heterocycles. The van der Waals surface area contributed by atoms with E-state index in [2.05, 4.69) is 0 Å². The summed E-state index contributed by atoms with van der Waals surface area (Å²) >= 11 is 6.10. The number of carbonyl (C=O) groups excluding carboxylic acids is 1. The number of nitrogens with zero attached hydrogens (tertiary/aromatic N) is 1. The zero-order valence-corrected chi connectivity index (χ0v) is 13.8. The van der Waals surface area contributed by atoms with Crippen molar-refractivity contribution in [1.82, 2.24) is 4.90 Å². The van der Waals surface area contributed by atoms with Crippen molar-refractivity contribution in [2.24, 2.45) is 0 Å². The maximum Gasteiger partial charge on any atom is 0.253 e. The number of rotatable bonds is 7. The molecule has 0 aliphatic carbocycles. The first-order chi connectivity index (χ1) is 11.1. The van der Waals surface area contributed by atoms with E-state index < -0.39 is 0 Å². The summed E-state index contributed by atoms with van der Waals surface area (Å²) < 4.78 is 5.68. The molecular formula is C18H20ClNO3. The van der Waals surface area contributed by atoms with E-state index in [1.165, 1.54) is 4.90 Å². The van der Waals surface area contributed by atoms with Crippen LogP contribution >= 0.6 is 11.6 Å². The Labute approximate surface area is 141 Å². The Bertz CT molecular complexity index is 643. The Hall–Kier alpha value is -2.04. The van der Waals surface area contributed by atoms with Crippen LogP contribution in [0.2, 0.25) is 5.02 Å². The van der Waals surface area contributed by atoms with Gasteiger partial charge in [-0.05, 0) is 35.9 Å². The molecule has 1 N–H and O–H groups in total. The number of likely N-dealkylation sites (N-methyl/N-ethyl adjacent to an activating group) is 1. The standard InChI is InChI=1S/C18H20ClNO3/c1-20(11-12-21)18(22)15-6-8-16(9-7-15)23-13-10-14-4-2-3-5-17(14)19/h2-9,21H,10-13H2,1H3. The van der Waals surface area contributed by atoms with E-state index in [4.69, 9.17) is 21.4 Å². The van der Waals surface area contributed by atoms with Crippen molar-refractivity contribution < 1.29 is 14.6 Å². The number of carbonyl (C=O) groups is 1. The minimum Gasteiger partial charge on any atom is -0.493 e. The van der Waals surface area contributed by atoms with Gasteiger partial charge in [-0.3, -0.25) is 4.79 Å². The highest BCUT2D eigenvalue weighted by Crippen LogP contribution is 2.17. The molecular weight excluding hydrogens is 314 g/mol. The quantitative estimate of drug-likeness (QED) is 0.847. The highest BCUT2D eigenvalue weighted by Gasteiger charge is 2.10. The molecule has 0 saturated carbocycles. The average molecular weight is 334 g/mol. The first-order valence-corrected chi connectivity index (χ1v) is 7.82. The molecule has 0 unspecified atom stereocenters. The van der Waals surface area contributed by atoms with Crippen LogP contribution in [-0.2, 0) is 6.42 Å². The molecule has 0 radical (unpaired) electrons.